The van der Waals surface area contributed by atoms with Crippen LogP contribution in [0, 0.1) is 0 Å². The Hall–Kier alpha value is -0.380. The molecule has 0 aromatic rings. The highest BCUT2D eigenvalue weighted by molar-refractivity contribution is 7.41. The van der Waals surface area contributed by atoms with E-state index in [2.05, 4.69) is 9.47 Å². The zero-order valence-electron chi connectivity index (χ0n) is 7.33. The van der Waals surface area contributed by atoms with Crippen LogP contribution in [0.3, 0.4) is 0 Å². The van der Waals surface area contributed by atoms with Crippen molar-refractivity contribution in [3.63, 3.8) is 0 Å². The highest BCUT2D eigenvalue weighted by atomic mass is 31.1. The highest BCUT2D eigenvalue weighted by Gasteiger charge is 2.25. The third-order valence-corrected chi connectivity index (χ3v) is 2.62. The van der Waals surface area contributed by atoms with Crippen molar-refractivity contribution < 1.29 is 23.4 Å². The average molecular weight is 196 g/mol. The lowest BCUT2D eigenvalue weighted by atomic mass is 10.7. The van der Waals surface area contributed by atoms with Crippen LogP contribution in [0.2, 0.25) is 0 Å². The van der Waals surface area contributed by atoms with E-state index in [4.69, 9.17) is 4.52 Å². The first-order chi connectivity index (χ1) is 5.67. The van der Waals surface area contributed by atoms with E-state index in [0.29, 0.717) is 0 Å². The zero-order valence-corrected chi connectivity index (χ0v) is 8.33. The maximum atomic E-state index is 11.1. The van der Waals surface area contributed by atoms with Gasteiger partial charge in [0.2, 0.25) is 13.9 Å². The van der Waals surface area contributed by atoms with E-state index in [1.807, 2.05) is 0 Å². The van der Waals surface area contributed by atoms with Crippen LogP contribution in [0.1, 0.15) is 6.92 Å². The Balaban J connectivity index is 4.14. The monoisotopic (exact) mass is 196 g/mol. The molecule has 0 saturated carbocycles. The smallest absolute Gasteiger partial charge is 0.344 e. The normalized spacial score (nSPS) is 15.2. The Morgan fingerprint density at radius 2 is 2.08 bits per heavy atom. The van der Waals surface area contributed by atoms with Crippen LogP contribution in [0.4, 0.5) is 0 Å². The van der Waals surface area contributed by atoms with Gasteiger partial charge in [0.1, 0.15) is 0 Å². The fourth-order valence-corrected chi connectivity index (χ4v) is 1.55. The van der Waals surface area contributed by atoms with Gasteiger partial charge in [0.15, 0.2) is 0 Å². The number of carbonyl (C=O) groups is 1. The molecular weight excluding hydrogens is 183 g/mol. The Morgan fingerprint density at radius 1 is 1.50 bits per heavy atom. The van der Waals surface area contributed by atoms with Gasteiger partial charge in [-0.25, -0.2) is 4.79 Å². The molecule has 12 heavy (non-hydrogen) atoms. The number of hydrogen-bond donors (Lipinski definition) is 0. The van der Waals surface area contributed by atoms with Gasteiger partial charge in [-0.3, -0.25) is 4.57 Å². The van der Waals surface area contributed by atoms with Crippen molar-refractivity contribution in [1.29, 1.82) is 0 Å². The summed E-state index contributed by atoms with van der Waals surface area (Å²) in [5, 5.41) is 0. The largest absolute Gasteiger partial charge is 0.467 e. The van der Waals surface area contributed by atoms with Gasteiger partial charge in [0.25, 0.3) is 0 Å². The molecule has 0 aliphatic heterocycles. The average Bonchev–Trinajstić information content (AvgIpc) is 2.06. The number of rotatable bonds is 5. The van der Waals surface area contributed by atoms with E-state index in [1.165, 1.54) is 14.2 Å². The number of esters is 1. The summed E-state index contributed by atoms with van der Waals surface area (Å²) in [5.41, 5.74) is 0. The number of methoxy groups -OCH3 is 2. The summed E-state index contributed by atoms with van der Waals surface area (Å²) in [6.45, 7) is 1.97. The standard InChI is InChI=1S/C6H13O5P/c1-4-11-12(8)6(10-3)5(7)9-2/h6,12H,4H2,1-3H3. The third-order valence-electron chi connectivity index (χ3n) is 1.15. The Kier molecular flexibility index (Phi) is 5.98. The molecule has 0 fully saturated rings. The van der Waals surface area contributed by atoms with Gasteiger partial charge in [0.05, 0.1) is 13.7 Å². The molecule has 0 N–H and O–H groups in total. The van der Waals surface area contributed by atoms with Crippen molar-refractivity contribution in [2.24, 2.45) is 0 Å². The molecule has 2 atom stereocenters. The molecule has 5 nitrogen and oxygen atoms in total. The van der Waals surface area contributed by atoms with Crippen LogP contribution in [0.5, 0.6) is 0 Å². The highest BCUT2D eigenvalue weighted by Crippen LogP contribution is 2.30. The first kappa shape index (κ1) is 11.6. The second-order valence-electron chi connectivity index (χ2n) is 1.89. The lowest BCUT2D eigenvalue weighted by Crippen LogP contribution is -2.21. The van der Waals surface area contributed by atoms with Gasteiger partial charge in [-0.05, 0) is 6.92 Å². The number of carbonyl (C=O) groups excluding carboxylic acids is 1. The molecule has 6 heteroatoms. The van der Waals surface area contributed by atoms with Crippen LogP contribution in [0.15, 0.2) is 0 Å². The van der Waals surface area contributed by atoms with Crippen molar-refractivity contribution in [3.8, 4) is 0 Å². The molecule has 0 amide bonds. The lowest BCUT2D eigenvalue weighted by Gasteiger charge is -2.11. The van der Waals surface area contributed by atoms with Gasteiger partial charge in [0, 0.05) is 7.11 Å². The minimum atomic E-state index is -2.49. The summed E-state index contributed by atoms with van der Waals surface area (Å²) < 4.78 is 24.9. The topological polar surface area (TPSA) is 61.8 Å². The molecule has 72 valence electrons. The molecule has 0 rings (SSSR count). The van der Waals surface area contributed by atoms with E-state index in [-0.39, 0.29) is 6.61 Å². The van der Waals surface area contributed by atoms with Crippen LogP contribution in [-0.2, 0) is 23.4 Å². The predicted octanol–water partition coefficient (Wildman–Crippen LogP) is 0.643. The van der Waals surface area contributed by atoms with Gasteiger partial charge in [-0.2, -0.15) is 0 Å². The molecule has 0 aromatic carbocycles. The molecule has 0 saturated heterocycles. The van der Waals surface area contributed by atoms with E-state index in [1.54, 1.807) is 6.92 Å². The maximum absolute atomic E-state index is 11.1. The van der Waals surface area contributed by atoms with Crippen molar-refractivity contribution in [2.45, 2.75) is 12.8 Å². The van der Waals surface area contributed by atoms with Crippen molar-refractivity contribution in [2.75, 3.05) is 20.8 Å². The molecule has 0 heterocycles. The van der Waals surface area contributed by atoms with Crippen LogP contribution < -0.4 is 0 Å². The van der Waals surface area contributed by atoms with E-state index < -0.39 is 19.8 Å². The lowest BCUT2D eigenvalue weighted by molar-refractivity contribution is -0.147. The van der Waals surface area contributed by atoms with Crippen molar-refractivity contribution in [1.82, 2.24) is 0 Å². The van der Waals surface area contributed by atoms with Crippen LogP contribution in [-0.4, -0.2) is 32.6 Å². The fraction of sp³-hybridized carbons (Fsp3) is 0.833. The third kappa shape index (κ3) is 3.34. The Morgan fingerprint density at radius 3 is 2.42 bits per heavy atom. The summed E-state index contributed by atoms with van der Waals surface area (Å²) in [4.78, 5) is 10.9. The minimum absolute atomic E-state index is 0.286. The van der Waals surface area contributed by atoms with Crippen LogP contribution in [0.25, 0.3) is 0 Å². The Bertz CT molecular complexity index is 169. The molecule has 0 spiro atoms. The molecule has 0 radical (unpaired) electrons. The second-order valence-corrected chi connectivity index (χ2v) is 3.34. The van der Waals surface area contributed by atoms with Crippen LogP contribution >= 0.6 is 8.03 Å². The first-order valence-corrected chi connectivity index (χ1v) is 4.84. The van der Waals surface area contributed by atoms with E-state index >= 15 is 0 Å². The molecule has 0 aromatic heterocycles. The molecule has 0 aliphatic rings. The van der Waals surface area contributed by atoms with Gasteiger partial charge in [-0.1, -0.05) is 0 Å². The summed E-state index contributed by atoms with van der Waals surface area (Å²) >= 11 is 0. The summed E-state index contributed by atoms with van der Waals surface area (Å²) in [5.74, 6) is -1.75. The minimum Gasteiger partial charge on any atom is -0.467 e. The van der Waals surface area contributed by atoms with Crippen molar-refractivity contribution >= 4 is 14.0 Å². The fourth-order valence-electron chi connectivity index (χ4n) is 0.614. The zero-order chi connectivity index (χ0) is 9.56. The molecular formula is C6H13O5P. The summed E-state index contributed by atoms with van der Waals surface area (Å²) in [7, 11) is -0.00305. The quantitative estimate of drug-likeness (QED) is 0.477. The molecule has 2 unspecified atom stereocenters. The number of hydrogen-bond acceptors (Lipinski definition) is 5. The Labute approximate surface area is 71.9 Å². The summed E-state index contributed by atoms with van der Waals surface area (Å²) in [6.07, 6.45) is 0. The first-order valence-electron chi connectivity index (χ1n) is 3.44. The van der Waals surface area contributed by atoms with E-state index in [9.17, 15) is 9.36 Å². The van der Waals surface area contributed by atoms with E-state index in [0.717, 1.165) is 0 Å². The van der Waals surface area contributed by atoms with Crippen molar-refractivity contribution in [3.05, 3.63) is 0 Å². The predicted molar refractivity (Wildman–Crippen MR) is 43.4 cm³/mol. The molecule has 0 bridgehead atoms. The SMILES string of the molecule is CCO[PH](=O)C(OC)C(=O)OC. The van der Waals surface area contributed by atoms with Gasteiger partial charge < -0.3 is 14.0 Å². The summed E-state index contributed by atoms with van der Waals surface area (Å²) in [6, 6.07) is 0. The number of ether oxygens (including phenoxy) is 2. The van der Waals surface area contributed by atoms with Gasteiger partial charge in [-0.15, -0.1) is 0 Å². The second kappa shape index (κ2) is 6.17. The molecule has 0 aliphatic carbocycles. The maximum Gasteiger partial charge on any atom is 0.344 e. The van der Waals surface area contributed by atoms with Gasteiger partial charge >= 0.3 is 5.97 Å².